The van der Waals surface area contributed by atoms with Gasteiger partial charge in [0, 0.05) is 26.8 Å². The van der Waals surface area contributed by atoms with E-state index in [1.165, 1.54) is 32.1 Å². The molecule has 1 aliphatic carbocycles. The van der Waals surface area contributed by atoms with Crippen LogP contribution in [0, 0.1) is 5.92 Å². The fourth-order valence-corrected chi connectivity index (χ4v) is 2.49. The summed E-state index contributed by atoms with van der Waals surface area (Å²) in [6.07, 6.45) is 6.54. The first-order valence-corrected chi connectivity index (χ1v) is 6.76. The third-order valence-corrected chi connectivity index (χ3v) is 3.68. The second kappa shape index (κ2) is 8.86. The lowest BCUT2D eigenvalue weighted by Crippen LogP contribution is -2.40. The van der Waals surface area contributed by atoms with Gasteiger partial charge >= 0.3 is 0 Å². The largest absolute Gasteiger partial charge is 0.382 e. The van der Waals surface area contributed by atoms with Crippen molar-refractivity contribution < 1.29 is 9.47 Å². The lowest BCUT2D eigenvalue weighted by Gasteiger charge is -2.23. The molecule has 0 aliphatic heterocycles. The van der Waals surface area contributed by atoms with Crippen molar-refractivity contribution in [1.29, 1.82) is 0 Å². The molecular weight excluding hydrogens is 216 g/mol. The predicted octanol–water partition coefficient (Wildman–Crippen LogP) is 1.15. The summed E-state index contributed by atoms with van der Waals surface area (Å²) >= 11 is 0. The minimum absolute atomic E-state index is 0.141. The number of hydrogen-bond acceptors (Lipinski definition) is 4. The summed E-state index contributed by atoms with van der Waals surface area (Å²) in [5.74, 6) is 0.623. The van der Waals surface area contributed by atoms with Gasteiger partial charge in [0.2, 0.25) is 0 Å². The summed E-state index contributed by atoms with van der Waals surface area (Å²) in [4.78, 5) is 0. The standard InChI is InChI=1S/C13H28N2O2/c1-16-10-12(17-2)9-15-8-11-6-4-3-5-7-13(11)14/h11-13,15H,3-10,14H2,1-2H3. The normalized spacial score (nSPS) is 27.7. The van der Waals surface area contributed by atoms with Gasteiger partial charge < -0.3 is 20.5 Å². The molecule has 0 saturated heterocycles. The molecule has 0 amide bonds. The van der Waals surface area contributed by atoms with Crippen LogP contribution in [0.4, 0.5) is 0 Å². The van der Waals surface area contributed by atoms with E-state index in [-0.39, 0.29) is 6.10 Å². The van der Waals surface area contributed by atoms with E-state index in [0.29, 0.717) is 18.6 Å². The number of hydrogen-bond donors (Lipinski definition) is 2. The van der Waals surface area contributed by atoms with Crippen LogP contribution in [0.5, 0.6) is 0 Å². The molecule has 3 N–H and O–H groups in total. The Bertz CT molecular complexity index is 190. The first-order chi connectivity index (χ1) is 8.27. The maximum absolute atomic E-state index is 6.19. The molecule has 1 aliphatic rings. The Hall–Kier alpha value is -0.160. The van der Waals surface area contributed by atoms with Crippen molar-refractivity contribution in [3.63, 3.8) is 0 Å². The Labute approximate surface area is 105 Å². The Morgan fingerprint density at radius 2 is 2.00 bits per heavy atom. The van der Waals surface area contributed by atoms with Crippen LogP contribution in [-0.2, 0) is 9.47 Å². The van der Waals surface area contributed by atoms with Crippen LogP contribution in [0.3, 0.4) is 0 Å². The fourth-order valence-electron chi connectivity index (χ4n) is 2.49. The quantitative estimate of drug-likeness (QED) is 0.660. The average molecular weight is 244 g/mol. The van der Waals surface area contributed by atoms with Crippen LogP contribution < -0.4 is 11.1 Å². The van der Waals surface area contributed by atoms with E-state index in [9.17, 15) is 0 Å². The van der Waals surface area contributed by atoms with Gasteiger partial charge in [0.1, 0.15) is 0 Å². The van der Waals surface area contributed by atoms with Crippen molar-refractivity contribution in [3.8, 4) is 0 Å². The molecule has 0 bridgehead atoms. The SMILES string of the molecule is COCC(CNCC1CCCCCC1N)OC. The van der Waals surface area contributed by atoms with E-state index < -0.39 is 0 Å². The molecule has 1 rings (SSSR count). The maximum atomic E-state index is 6.19. The molecular formula is C13H28N2O2. The van der Waals surface area contributed by atoms with E-state index in [4.69, 9.17) is 15.2 Å². The molecule has 0 aromatic carbocycles. The minimum Gasteiger partial charge on any atom is -0.382 e. The zero-order chi connectivity index (χ0) is 12.5. The molecule has 4 nitrogen and oxygen atoms in total. The molecule has 3 unspecified atom stereocenters. The lowest BCUT2D eigenvalue weighted by atomic mass is 9.95. The molecule has 17 heavy (non-hydrogen) atoms. The highest BCUT2D eigenvalue weighted by Gasteiger charge is 2.20. The Kier molecular flexibility index (Phi) is 7.77. The fraction of sp³-hybridized carbons (Fsp3) is 1.00. The zero-order valence-electron chi connectivity index (χ0n) is 11.3. The van der Waals surface area contributed by atoms with Crippen LogP contribution in [0.15, 0.2) is 0 Å². The first-order valence-electron chi connectivity index (χ1n) is 6.76. The Balaban J connectivity index is 2.19. The van der Waals surface area contributed by atoms with Crippen LogP contribution in [0.2, 0.25) is 0 Å². The predicted molar refractivity (Wildman–Crippen MR) is 70.1 cm³/mol. The lowest BCUT2D eigenvalue weighted by molar-refractivity contribution is 0.0283. The van der Waals surface area contributed by atoms with Crippen molar-refractivity contribution in [1.82, 2.24) is 5.32 Å². The second-order valence-corrected chi connectivity index (χ2v) is 5.03. The average Bonchev–Trinajstić information content (AvgIpc) is 2.53. The highest BCUT2D eigenvalue weighted by molar-refractivity contribution is 4.78. The number of rotatable bonds is 7. The first kappa shape index (κ1) is 14.9. The van der Waals surface area contributed by atoms with Crippen LogP contribution in [0.25, 0.3) is 0 Å². The van der Waals surface area contributed by atoms with E-state index in [2.05, 4.69) is 5.32 Å². The van der Waals surface area contributed by atoms with Crippen molar-refractivity contribution >= 4 is 0 Å². The summed E-state index contributed by atoms with van der Waals surface area (Å²) in [7, 11) is 3.43. The van der Waals surface area contributed by atoms with Gasteiger partial charge in [-0.3, -0.25) is 0 Å². The molecule has 102 valence electrons. The smallest absolute Gasteiger partial charge is 0.0928 e. The molecule has 0 heterocycles. The van der Waals surface area contributed by atoms with Gasteiger partial charge in [-0.2, -0.15) is 0 Å². The maximum Gasteiger partial charge on any atom is 0.0928 e. The van der Waals surface area contributed by atoms with E-state index in [0.717, 1.165) is 13.1 Å². The van der Waals surface area contributed by atoms with Crippen LogP contribution in [-0.4, -0.2) is 46.1 Å². The monoisotopic (exact) mass is 244 g/mol. The minimum atomic E-state index is 0.141. The number of methoxy groups -OCH3 is 2. The van der Waals surface area contributed by atoms with Gasteiger partial charge in [-0.15, -0.1) is 0 Å². The van der Waals surface area contributed by atoms with Gasteiger partial charge in [-0.05, 0) is 25.3 Å². The molecule has 0 aromatic rings. The van der Waals surface area contributed by atoms with Crippen molar-refractivity contribution in [2.24, 2.45) is 11.7 Å². The second-order valence-electron chi connectivity index (χ2n) is 5.03. The summed E-state index contributed by atoms with van der Waals surface area (Å²) in [6.45, 7) is 2.48. The highest BCUT2D eigenvalue weighted by atomic mass is 16.5. The highest BCUT2D eigenvalue weighted by Crippen LogP contribution is 2.21. The Morgan fingerprint density at radius 3 is 2.71 bits per heavy atom. The number of nitrogens with two attached hydrogens (primary N) is 1. The van der Waals surface area contributed by atoms with Gasteiger partial charge in [0.25, 0.3) is 0 Å². The molecule has 0 aromatic heterocycles. The van der Waals surface area contributed by atoms with Crippen molar-refractivity contribution in [2.45, 2.75) is 44.2 Å². The molecule has 1 fully saturated rings. The van der Waals surface area contributed by atoms with Gasteiger partial charge in [0.05, 0.1) is 12.7 Å². The van der Waals surface area contributed by atoms with Gasteiger partial charge in [0.15, 0.2) is 0 Å². The zero-order valence-corrected chi connectivity index (χ0v) is 11.3. The molecule has 0 spiro atoms. The van der Waals surface area contributed by atoms with Crippen molar-refractivity contribution in [3.05, 3.63) is 0 Å². The van der Waals surface area contributed by atoms with Gasteiger partial charge in [-0.25, -0.2) is 0 Å². The molecule has 3 atom stereocenters. The van der Waals surface area contributed by atoms with E-state index in [1.54, 1.807) is 14.2 Å². The van der Waals surface area contributed by atoms with E-state index >= 15 is 0 Å². The van der Waals surface area contributed by atoms with E-state index in [1.807, 2.05) is 0 Å². The molecule has 0 radical (unpaired) electrons. The third kappa shape index (κ3) is 5.82. The summed E-state index contributed by atoms with van der Waals surface area (Å²) < 4.78 is 10.4. The van der Waals surface area contributed by atoms with Crippen LogP contribution in [0.1, 0.15) is 32.1 Å². The number of nitrogens with one attached hydrogen (secondary N) is 1. The number of ether oxygens (including phenoxy) is 2. The van der Waals surface area contributed by atoms with Crippen LogP contribution >= 0.6 is 0 Å². The Morgan fingerprint density at radius 1 is 1.24 bits per heavy atom. The summed E-state index contributed by atoms with van der Waals surface area (Å²) in [5.41, 5.74) is 6.19. The van der Waals surface area contributed by atoms with Crippen molar-refractivity contribution in [2.75, 3.05) is 33.9 Å². The topological polar surface area (TPSA) is 56.5 Å². The molecule has 1 saturated carbocycles. The van der Waals surface area contributed by atoms with Gasteiger partial charge in [-0.1, -0.05) is 19.3 Å². The third-order valence-electron chi connectivity index (χ3n) is 3.68. The molecule has 4 heteroatoms. The summed E-state index contributed by atoms with van der Waals surface area (Å²) in [5, 5.41) is 3.46. The summed E-state index contributed by atoms with van der Waals surface area (Å²) in [6, 6.07) is 0.369.